The Hall–Kier alpha value is -2.66. The topological polar surface area (TPSA) is 52.6 Å². The Labute approximate surface area is 194 Å². The number of hydrogen-bond donors (Lipinski definition) is 2. The summed E-state index contributed by atoms with van der Waals surface area (Å²) in [5.41, 5.74) is 5.37. The quantitative estimate of drug-likeness (QED) is 0.476. The lowest BCUT2D eigenvalue weighted by molar-refractivity contribution is -0.116. The van der Waals surface area contributed by atoms with E-state index < -0.39 is 0 Å². The molecule has 0 radical (unpaired) electrons. The van der Waals surface area contributed by atoms with Crippen molar-refractivity contribution >= 4 is 23.2 Å². The number of anilines is 1. The van der Waals surface area contributed by atoms with Crippen molar-refractivity contribution in [1.82, 2.24) is 4.90 Å². The second-order valence-corrected chi connectivity index (χ2v) is 8.83. The van der Waals surface area contributed by atoms with E-state index >= 15 is 0 Å². The number of aryl methyl sites for hydroxylation is 1. The molecule has 0 aromatic heterocycles. The van der Waals surface area contributed by atoms with Gasteiger partial charge in [0.15, 0.2) is 0 Å². The van der Waals surface area contributed by atoms with Gasteiger partial charge >= 0.3 is 0 Å². The van der Waals surface area contributed by atoms with E-state index in [1.165, 1.54) is 5.56 Å². The zero-order valence-corrected chi connectivity index (χ0v) is 18.9. The SMILES string of the molecule is O=C(CCc1ccc(CN2CCCC2CO)cc1)Nc1ccc(-c2ccc(Cl)cc2)cc1. The van der Waals surface area contributed by atoms with Crippen LogP contribution in [0.4, 0.5) is 5.69 Å². The minimum atomic E-state index is 0.0103. The van der Waals surface area contributed by atoms with Crippen LogP contribution in [0.3, 0.4) is 0 Å². The van der Waals surface area contributed by atoms with Gasteiger partial charge in [0.1, 0.15) is 0 Å². The minimum absolute atomic E-state index is 0.0103. The van der Waals surface area contributed by atoms with Crippen molar-refractivity contribution in [3.63, 3.8) is 0 Å². The van der Waals surface area contributed by atoms with Crippen LogP contribution in [0.25, 0.3) is 11.1 Å². The van der Waals surface area contributed by atoms with Crippen molar-refractivity contribution in [3.05, 3.63) is 88.9 Å². The molecule has 2 N–H and O–H groups in total. The fourth-order valence-electron chi connectivity index (χ4n) is 4.23. The van der Waals surface area contributed by atoms with Gasteiger partial charge in [-0.05, 0) is 72.3 Å². The number of aliphatic hydroxyl groups excluding tert-OH is 1. The third kappa shape index (κ3) is 5.98. The molecule has 1 unspecified atom stereocenters. The molecule has 32 heavy (non-hydrogen) atoms. The van der Waals surface area contributed by atoms with E-state index in [-0.39, 0.29) is 12.5 Å². The number of carbonyl (C=O) groups is 1. The van der Waals surface area contributed by atoms with Crippen molar-refractivity contribution in [1.29, 1.82) is 0 Å². The largest absolute Gasteiger partial charge is 0.395 e. The highest BCUT2D eigenvalue weighted by Gasteiger charge is 2.23. The number of amides is 1. The number of likely N-dealkylation sites (tertiary alicyclic amines) is 1. The third-order valence-corrected chi connectivity index (χ3v) is 6.36. The standard InChI is InChI=1S/C27H29ClN2O2/c28-24-12-8-22(9-13-24)23-10-14-25(15-11-23)29-27(32)16-7-20-3-5-21(6-4-20)18-30-17-1-2-26(30)19-31/h3-6,8-15,26,31H,1-2,7,16-19H2,(H,29,32). The Kier molecular flexibility index (Phi) is 7.59. The number of rotatable bonds is 8. The maximum Gasteiger partial charge on any atom is 0.224 e. The van der Waals surface area contributed by atoms with Crippen LogP contribution in [0.2, 0.25) is 5.02 Å². The minimum Gasteiger partial charge on any atom is -0.395 e. The summed E-state index contributed by atoms with van der Waals surface area (Å²) in [4.78, 5) is 14.7. The van der Waals surface area contributed by atoms with Crippen molar-refractivity contribution in [3.8, 4) is 11.1 Å². The Bertz CT molecular complexity index is 1020. The van der Waals surface area contributed by atoms with Gasteiger partial charge in [0.2, 0.25) is 5.91 Å². The number of nitrogens with one attached hydrogen (secondary N) is 1. The summed E-state index contributed by atoms with van der Waals surface area (Å²) in [6.07, 6.45) is 3.38. The molecule has 0 bridgehead atoms. The fourth-order valence-corrected chi connectivity index (χ4v) is 4.35. The average Bonchev–Trinajstić information content (AvgIpc) is 3.27. The molecule has 1 amide bonds. The van der Waals surface area contributed by atoms with E-state index in [4.69, 9.17) is 11.6 Å². The molecule has 0 aliphatic carbocycles. The highest BCUT2D eigenvalue weighted by atomic mass is 35.5. The Morgan fingerprint density at radius 3 is 2.22 bits per heavy atom. The van der Waals surface area contributed by atoms with E-state index in [9.17, 15) is 9.90 Å². The van der Waals surface area contributed by atoms with E-state index in [0.717, 1.165) is 48.3 Å². The molecule has 3 aromatic carbocycles. The molecule has 4 rings (SSSR count). The predicted octanol–water partition coefficient (Wildman–Crippen LogP) is 5.54. The van der Waals surface area contributed by atoms with Crippen molar-refractivity contribution in [2.45, 2.75) is 38.3 Å². The first-order chi connectivity index (χ1) is 15.6. The zero-order chi connectivity index (χ0) is 22.3. The van der Waals surface area contributed by atoms with Crippen LogP contribution >= 0.6 is 11.6 Å². The number of hydrogen-bond acceptors (Lipinski definition) is 3. The van der Waals surface area contributed by atoms with Gasteiger partial charge in [-0.25, -0.2) is 0 Å². The van der Waals surface area contributed by atoms with Gasteiger partial charge in [-0.2, -0.15) is 0 Å². The summed E-state index contributed by atoms with van der Waals surface area (Å²) < 4.78 is 0. The average molecular weight is 449 g/mol. The Morgan fingerprint density at radius 2 is 1.56 bits per heavy atom. The second kappa shape index (κ2) is 10.8. The molecule has 1 aliphatic heterocycles. The van der Waals surface area contributed by atoms with Crippen LogP contribution in [-0.4, -0.2) is 35.1 Å². The normalized spacial score (nSPS) is 16.2. The summed E-state index contributed by atoms with van der Waals surface area (Å²) in [6.45, 7) is 2.16. The first-order valence-corrected chi connectivity index (χ1v) is 11.6. The van der Waals surface area contributed by atoms with Crippen LogP contribution in [0.1, 0.15) is 30.4 Å². The van der Waals surface area contributed by atoms with Gasteiger partial charge in [-0.1, -0.05) is 60.1 Å². The number of carbonyl (C=O) groups excluding carboxylic acids is 1. The van der Waals surface area contributed by atoms with Crippen LogP contribution in [0.15, 0.2) is 72.8 Å². The number of benzene rings is 3. The summed E-state index contributed by atoms with van der Waals surface area (Å²) >= 11 is 5.95. The van der Waals surface area contributed by atoms with Crippen LogP contribution in [-0.2, 0) is 17.8 Å². The summed E-state index contributed by atoms with van der Waals surface area (Å²) in [5.74, 6) is 0.0103. The molecule has 1 atom stereocenters. The monoisotopic (exact) mass is 448 g/mol. The molecule has 166 valence electrons. The zero-order valence-electron chi connectivity index (χ0n) is 18.1. The maximum atomic E-state index is 12.4. The highest BCUT2D eigenvalue weighted by Crippen LogP contribution is 2.23. The molecular weight excluding hydrogens is 420 g/mol. The maximum absolute atomic E-state index is 12.4. The van der Waals surface area contributed by atoms with Gasteiger partial charge in [-0.15, -0.1) is 0 Å². The summed E-state index contributed by atoms with van der Waals surface area (Å²) in [7, 11) is 0. The van der Waals surface area contributed by atoms with E-state index in [1.807, 2.05) is 48.5 Å². The lowest BCUT2D eigenvalue weighted by atomic mass is 10.1. The molecule has 3 aromatic rings. The van der Waals surface area contributed by atoms with Gasteiger partial charge in [0.05, 0.1) is 6.61 Å². The van der Waals surface area contributed by atoms with E-state index in [0.29, 0.717) is 23.9 Å². The molecule has 1 fully saturated rings. The summed E-state index contributed by atoms with van der Waals surface area (Å²) in [5, 5.41) is 13.2. The molecule has 5 heteroatoms. The van der Waals surface area contributed by atoms with Crippen molar-refractivity contribution in [2.75, 3.05) is 18.5 Å². The second-order valence-electron chi connectivity index (χ2n) is 8.40. The first kappa shape index (κ1) is 22.5. The number of nitrogens with zero attached hydrogens (tertiary/aromatic N) is 1. The lowest BCUT2D eigenvalue weighted by Crippen LogP contribution is -2.31. The predicted molar refractivity (Wildman–Crippen MR) is 131 cm³/mol. The fraction of sp³-hybridized carbons (Fsp3) is 0.296. The third-order valence-electron chi connectivity index (χ3n) is 6.11. The lowest BCUT2D eigenvalue weighted by Gasteiger charge is -2.22. The Morgan fingerprint density at radius 1 is 0.938 bits per heavy atom. The van der Waals surface area contributed by atoms with Crippen LogP contribution < -0.4 is 5.32 Å². The molecule has 4 nitrogen and oxygen atoms in total. The van der Waals surface area contributed by atoms with Crippen molar-refractivity contribution < 1.29 is 9.90 Å². The van der Waals surface area contributed by atoms with Gasteiger partial charge < -0.3 is 10.4 Å². The smallest absolute Gasteiger partial charge is 0.224 e. The molecule has 1 aliphatic rings. The molecule has 0 spiro atoms. The molecule has 1 saturated heterocycles. The highest BCUT2D eigenvalue weighted by molar-refractivity contribution is 6.30. The van der Waals surface area contributed by atoms with Gasteiger partial charge in [0.25, 0.3) is 0 Å². The molecular formula is C27H29ClN2O2. The van der Waals surface area contributed by atoms with Gasteiger partial charge in [0, 0.05) is 29.7 Å². The number of aliphatic hydroxyl groups is 1. The van der Waals surface area contributed by atoms with E-state index in [2.05, 4.69) is 34.5 Å². The molecule has 0 saturated carbocycles. The summed E-state index contributed by atoms with van der Waals surface area (Å²) in [6, 6.07) is 24.3. The van der Waals surface area contributed by atoms with E-state index in [1.54, 1.807) is 0 Å². The van der Waals surface area contributed by atoms with Crippen LogP contribution in [0.5, 0.6) is 0 Å². The first-order valence-electron chi connectivity index (χ1n) is 11.2. The number of halogens is 1. The molecule has 1 heterocycles. The van der Waals surface area contributed by atoms with Gasteiger partial charge in [-0.3, -0.25) is 9.69 Å². The van der Waals surface area contributed by atoms with Crippen LogP contribution in [0, 0.1) is 0 Å². The Balaban J connectivity index is 1.25. The van der Waals surface area contributed by atoms with Crippen molar-refractivity contribution in [2.24, 2.45) is 0 Å².